The number of thioether (sulfide) groups is 1. The maximum atomic E-state index is 12.8. The Balaban J connectivity index is 1.72. The predicted octanol–water partition coefficient (Wildman–Crippen LogP) is 4.72. The van der Waals surface area contributed by atoms with E-state index in [2.05, 4.69) is 21.2 Å². The molecule has 1 heterocycles. The molecule has 1 aliphatic rings. The molecule has 1 N–H and O–H groups in total. The van der Waals surface area contributed by atoms with E-state index in [0.29, 0.717) is 38.3 Å². The number of amides is 3. The fraction of sp³-hybridized carbons (Fsp3) is 0.182. The minimum Gasteiger partial charge on any atom is -0.481 e. The van der Waals surface area contributed by atoms with Gasteiger partial charge in [-0.05, 0) is 67.2 Å². The lowest BCUT2D eigenvalue weighted by molar-refractivity contribution is -0.145. The number of benzene rings is 2. The first-order chi connectivity index (χ1) is 15.8. The molecule has 2 aromatic rings. The second kappa shape index (κ2) is 11.4. The lowest BCUT2D eigenvalue weighted by Crippen LogP contribution is -2.36. The molecule has 0 unspecified atom stereocenters. The number of carbonyl (C=O) groups excluding carboxylic acids is 4. The topological polar surface area (TPSA) is 102 Å². The molecule has 2 aromatic carbocycles. The van der Waals surface area contributed by atoms with Crippen molar-refractivity contribution in [3.63, 3.8) is 0 Å². The monoisotopic (exact) mass is 552 g/mol. The maximum Gasteiger partial charge on any atom is 0.344 e. The molecule has 0 aromatic heterocycles. The van der Waals surface area contributed by atoms with Crippen molar-refractivity contribution in [3.05, 3.63) is 62.4 Å². The zero-order valence-corrected chi connectivity index (χ0v) is 20.5. The van der Waals surface area contributed by atoms with Crippen LogP contribution in [0.5, 0.6) is 5.75 Å². The molecule has 3 amide bonds. The summed E-state index contributed by atoms with van der Waals surface area (Å²) in [6.07, 6.45) is 1.48. The SMILES string of the molecule is CCOC(=O)COc1ccc(Br)cc1/C=C1/SC(=O)N(CC(=O)Nc2ccc(Cl)cc2)C1=O. The normalized spacial score (nSPS) is 14.5. The molecule has 1 aliphatic heterocycles. The van der Waals surface area contributed by atoms with E-state index in [1.54, 1.807) is 49.4 Å². The molecule has 33 heavy (non-hydrogen) atoms. The van der Waals surface area contributed by atoms with Crippen molar-refractivity contribution in [2.24, 2.45) is 0 Å². The van der Waals surface area contributed by atoms with Gasteiger partial charge in [-0.3, -0.25) is 19.3 Å². The highest BCUT2D eigenvalue weighted by Crippen LogP contribution is 2.35. The zero-order chi connectivity index (χ0) is 24.0. The lowest BCUT2D eigenvalue weighted by atomic mass is 10.2. The van der Waals surface area contributed by atoms with Crippen LogP contribution < -0.4 is 10.1 Å². The number of rotatable bonds is 8. The first kappa shape index (κ1) is 24.8. The molecular formula is C22H18BrClN2O6S. The third-order valence-corrected chi connectivity index (χ3v) is 5.87. The number of anilines is 1. The van der Waals surface area contributed by atoms with Crippen LogP contribution in [0.4, 0.5) is 10.5 Å². The van der Waals surface area contributed by atoms with Crippen molar-refractivity contribution in [2.75, 3.05) is 25.1 Å². The number of nitrogens with zero attached hydrogens (tertiary/aromatic N) is 1. The van der Waals surface area contributed by atoms with E-state index in [9.17, 15) is 19.2 Å². The number of imide groups is 1. The highest BCUT2D eigenvalue weighted by Gasteiger charge is 2.36. The van der Waals surface area contributed by atoms with E-state index in [1.165, 1.54) is 6.08 Å². The molecule has 0 atom stereocenters. The van der Waals surface area contributed by atoms with Gasteiger partial charge in [0.25, 0.3) is 11.1 Å². The van der Waals surface area contributed by atoms with Crippen LogP contribution in [0.2, 0.25) is 5.02 Å². The van der Waals surface area contributed by atoms with Gasteiger partial charge in [-0.25, -0.2) is 4.79 Å². The second-order valence-electron chi connectivity index (χ2n) is 6.60. The molecule has 8 nitrogen and oxygen atoms in total. The van der Waals surface area contributed by atoms with Crippen LogP contribution in [-0.4, -0.2) is 47.7 Å². The van der Waals surface area contributed by atoms with Crippen molar-refractivity contribution in [1.29, 1.82) is 0 Å². The van der Waals surface area contributed by atoms with Gasteiger partial charge >= 0.3 is 5.97 Å². The van der Waals surface area contributed by atoms with E-state index in [-0.39, 0.29) is 18.1 Å². The van der Waals surface area contributed by atoms with Gasteiger partial charge in [-0.15, -0.1) is 0 Å². The number of carbonyl (C=O) groups is 4. The number of esters is 1. The van der Waals surface area contributed by atoms with Gasteiger partial charge in [0, 0.05) is 20.7 Å². The lowest BCUT2D eigenvalue weighted by Gasteiger charge is -2.12. The van der Waals surface area contributed by atoms with Crippen molar-refractivity contribution in [1.82, 2.24) is 4.90 Å². The fourth-order valence-corrected chi connectivity index (χ4v) is 4.09. The quantitative estimate of drug-likeness (QED) is 0.373. The summed E-state index contributed by atoms with van der Waals surface area (Å²) in [6, 6.07) is 11.5. The molecule has 11 heteroatoms. The summed E-state index contributed by atoms with van der Waals surface area (Å²) in [5.74, 6) is -1.33. The molecule has 1 saturated heterocycles. The molecule has 0 saturated carbocycles. The standard InChI is InChI=1S/C22H18BrClN2O6S/c1-2-31-20(28)12-32-17-8-3-14(23)9-13(17)10-18-21(29)26(22(30)33-18)11-19(27)25-16-6-4-15(24)5-7-16/h3-10H,2,11-12H2,1H3,(H,25,27)/b18-10+. The number of hydrogen-bond acceptors (Lipinski definition) is 7. The molecule has 0 bridgehead atoms. The molecule has 0 spiro atoms. The summed E-state index contributed by atoms with van der Waals surface area (Å²) in [5.41, 5.74) is 0.967. The van der Waals surface area contributed by atoms with Gasteiger partial charge in [0.2, 0.25) is 5.91 Å². The Labute approximate surface area is 207 Å². The predicted molar refractivity (Wildman–Crippen MR) is 129 cm³/mol. The fourth-order valence-electron chi connectivity index (χ4n) is 2.76. The summed E-state index contributed by atoms with van der Waals surface area (Å²) in [4.78, 5) is 50.1. The highest BCUT2D eigenvalue weighted by molar-refractivity contribution is 9.10. The Hall–Kier alpha value is -2.82. The summed E-state index contributed by atoms with van der Waals surface area (Å²) in [6.45, 7) is 1.18. The Kier molecular flexibility index (Phi) is 8.54. The van der Waals surface area contributed by atoms with Crippen LogP contribution in [0.3, 0.4) is 0 Å². The van der Waals surface area contributed by atoms with Gasteiger partial charge in [-0.1, -0.05) is 27.5 Å². The highest BCUT2D eigenvalue weighted by atomic mass is 79.9. The third kappa shape index (κ3) is 6.83. The smallest absolute Gasteiger partial charge is 0.344 e. The number of nitrogens with one attached hydrogen (secondary N) is 1. The van der Waals surface area contributed by atoms with E-state index in [0.717, 1.165) is 4.90 Å². The van der Waals surface area contributed by atoms with Crippen LogP contribution in [0.25, 0.3) is 6.08 Å². The van der Waals surface area contributed by atoms with E-state index in [1.807, 2.05) is 0 Å². The first-order valence-corrected chi connectivity index (χ1v) is 11.6. The van der Waals surface area contributed by atoms with Crippen LogP contribution >= 0.6 is 39.3 Å². The Morgan fingerprint density at radius 1 is 1.18 bits per heavy atom. The van der Waals surface area contributed by atoms with E-state index in [4.69, 9.17) is 21.1 Å². The zero-order valence-electron chi connectivity index (χ0n) is 17.3. The van der Waals surface area contributed by atoms with Crippen molar-refractivity contribution < 1.29 is 28.7 Å². The van der Waals surface area contributed by atoms with Crippen molar-refractivity contribution in [2.45, 2.75) is 6.92 Å². The van der Waals surface area contributed by atoms with Crippen LogP contribution in [0.1, 0.15) is 12.5 Å². The van der Waals surface area contributed by atoms with Crippen LogP contribution in [0, 0.1) is 0 Å². The van der Waals surface area contributed by atoms with Crippen LogP contribution in [0.15, 0.2) is 51.8 Å². The molecule has 1 fully saturated rings. The van der Waals surface area contributed by atoms with Crippen LogP contribution in [-0.2, 0) is 19.1 Å². The van der Waals surface area contributed by atoms with Gasteiger partial charge in [-0.2, -0.15) is 0 Å². The average Bonchev–Trinajstić information content (AvgIpc) is 3.02. The minimum absolute atomic E-state index is 0.123. The van der Waals surface area contributed by atoms with Gasteiger partial charge < -0.3 is 14.8 Å². The summed E-state index contributed by atoms with van der Waals surface area (Å²) < 4.78 is 11.1. The summed E-state index contributed by atoms with van der Waals surface area (Å²) in [7, 11) is 0. The Morgan fingerprint density at radius 3 is 2.61 bits per heavy atom. The van der Waals surface area contributed by atoms with Crippen molar-refractivity contribution in [3.8, 4) is 5.75 Å². The third-order valence-electron chi connectivity index (χ3n) is 4.21. The Bertz CT molecular complexity index is 1120. The molecule has 172 valence electrons. The molecular weight excluding hydrogens is 536 g/mol. The van der Waals surface area contributed by atoms with Gasteiger partial charge in [0.15, 0.2) is 6.61 Å². The minimum atomic E-state index is -0.604. The first-order valence-electron chi connectivity index (χ1n) is 9.65. The summed E-state index contributed by atoms with van der Waals surface area (Å²) in [5, 5.41) is 2.56. The average molecular weight is 554 g/mol. The molecule has 0 aliphatic carbocycles. The maximum absolute atomic E-state index is 12.8. The van der Waals surface area contributed by atoms with Gasteiger partial charge in [0.05, 0.1) is 11.5 Å². The molecule has 0 radical (unpaired) electrons. The number of hydrogen-bond donors (Lipinski definition) is 1. The van der Waals surface area contributed by atoms with Gasteiger partial charge in [0.1, 0.15) is 12.3 Å². The largest absolute Gasteiger partial charge is 0.481 e. The molecule has 3 rings (SSSR count). The number of ether oxygens (including phenoxy) is 2. The second-order valence-corrected chi connectivity index (χ2v) is 8.94. The van der Waals surface area contributed by atoms with E-state index < -0.39 is 29.6 Å². The number of halogens is 2. The Morgan fingerprint density at radius 2 is 1.91 bits per heavy atom. The van der Waals surface area contributed by atoms with E-state index >= 15 is 0 Å². The van der Waals surface area contributed by atoms with Crippen molar-refractivity contribution >= 4 is 74.1 Å². The summed E-state index contributed by atoms with van der Waals surface area (Å²) >= 11 is 9.89.